The van der Waals surface area contributed by atoms with Crippen LogP contribution in [0.4, 0.5) is 8.78 Å². The number of carboxylic acids is 1. The molecule has 6 aromatic carbocycles. The van der Waals surface area contributed by atoms with Gasteiger partial charge in [0.1, 0.15) is 11.6 Å². The van der Waals surface area contributed by atoms with Gasteiger partial charge in [-0.2, -0.15) is 0 Å². The standard InChI is InChI=1S/C32H31ClFN3O3.C30H27ClFN3O3/c1-2-40-30(38)11-7-6-10-27-31(22-12-14-24(33)15-13-22)36-29-19-26(34)25(18-28(29)35-27)32(39)37-17-16-23(20-37)21-8-4-3-5-9-21;31-22-12-10-20(11-13-22)29-25(8-4-5-9-28(36)37)33-26-16-23(24(32)17-27(26)34-29)30(38)35-15-14-21(18-35)19-6-2-1-3-7-19/h3-5,8-9,12-15,18-19,23H,2,6-7,10-11,16-17,20H2,1H3;1-3,6-7,10-13,16-17,21H,4-5,8-9,14-15,18H2,(H,36,37)/t23-;21-/m11/s1. The molecule has 10 rings (SSSR count). The molecule has 16 heteroatoms. The smallest absolute Gasteiger partial charge is 0.305 e. The van der Waals surface area contributed by atoms with Crippen molar-refractivity contribution in [1.29, 1.82) is 0 Å². The first-order chi connectivity index (χ1) is 37.8. The highest BCUT2D eigenvalue weighted by Gasteiger charge is 2.31. The van der Waals surface area contributed by atoms with Crippen molar-refractivity contribution in [1.82, 2.24) is 29.7 Å². The lowest BCUT2D eigenvalue weighted by atomic mass is 9.99. The van der Waals surface area contributed by atoms with E-state index in [-0.39, 0.29) is 47.2 Å². The average molecular weight is 1090 g/mol. The van der Waals surface area contributed by atoms with Crippen LogP contribution in [0.15, 0.2) is 133 Å². The van der Waals surface area contributed by atoms with Gasteiger partial charge in [0, 0.05) is 84.2 Å². The molecule has 2 aliphatic heterocycles. The minimum atomic E-state index is -0.845. The van der Waals surface area contributed by atoms with E-state index >= 15 is 8.78 Å². The Balaban J connectivity index is 0.000000190. The predicted octanol–water partition coefficient (Wildman–Crippen LogP) is 13.5. The number of rotatable bonds is 17. The minimum absolute atomic E-state index is 0.00279. The third-order valence-electron chi connectivity index (χ3n) is 14.2. The van der Waals surface area contributed by atoms with Gasteiger partial charge >= 0.3 is 11.9 Å². The van der Waals surface area contributed by atoms with E-state index in [1.807, 2.05) is 60.7 Å². The van der Waals surface area contributed by atoms with E-state index < -0.39 is 17.6 Å². The molecule has 400 valence electrons. The number of benzene rings is 6. The van der Waals surface area contributed by atoms with Gasteiger partial charge in [-0.15, -0.1) is 0 Å². The molecule has 1 N–H and O–H groups in total. The summed E-state index contributed by atoms with van der Waals surface area (Å²) in [6, 6.07) is 40.1. The summed E-state index contributed by atoms with van der Waals surface area (Å²) in [5, 5.41) is 10.2. The molecule has 2 amide bonds. The quantitative estimate of drug-likeness (QED) is 0.0688. The van der Waals surface area contributed by atoms with Gasteiger partial charge in [0.25, 0.3) is 11.8 Å². The second-order valence-electron chi connectivity index (χ2n) is 19.6. The van der Waals surface area contributed by atoms with E-state index in [4.69, 9.17) is 53.0 Å². The monoisotopic (exact) mass is 1090 g/mol. The lowest BCUT2D eigenvalue weighted by Gasteiger charge is -2.18. The van der Waals surface area contributed by atoms with Crippen molar-refractivity contribution < 1.29 is 37.8 Å². The lowest BCUT2D eigenvalue weighted by Crippen LogP contribution is -2.29. The van der Waals surface area contributed by atoms with Crippen LogP contribution in [0.5, 0.6) is 0 Å². The zero-order valence-corrected chi connectivity index (χ0v) is 44.7. The number of amides is 2. The normalized spacial score (nSPS) is 15.1. The van der Waals surface area contributed by atoms with E-state index in [0.717, 1.165) is 24.0 Å². The number of fused-ring (bicyclic) bond motifs is 2. The van der Waals surface area contributed by atoms with Crippen molar-refractivity contribution in [2.45, 2.75) is 83.0 Å². The van der Waals surface area contributed by atoms with Gasteiger partial charge in [0.2, 0.25) is 0 Å². The van der Waals surface area contributed by atoms with Crippen LogP contribution in [0.3, 0.4) is 0 Å². The number of aryl methyl sites for hydroxylation is 2. The lowest BCUT2D eigenvalue weighted by molar-refractivity contribution is -0.143. The topological polar surface area (TPSA) is 156 Å². The first-order valence-corrected chi connectivity index (χ1v) is 27.2. The Morgan fingerprint density at radius 2 is 0.974 bits per heavy atom. The summed E-state index contributed by atoms with van der Waals surface area (Å²) in [6.45, 7) is 4.37. The number of carboxylic acid groups (broad SMARTS) is 1. The van der Waals surface area contributed by atoms with Gasteiger partial charge in [-0.25, -0.2) is 28.7 Å². The summed E-state index contributed by atoms with van der Waals surface area (Å²) in [5.41, 5.74) is 8.15. The number of halogens is 4. The molecule has 0 unspecified atom stereocenters. The molecule has 2 atom stereocenters. The molecule has 0 aliphatic carbocycles. The number of aliphatic carboxylic acids is 1. The van der Waals surface area contributed by atoms with Crippen molar-refractivity contribution in [2.24, 2.45) is 0 Å². The summed E-state index contributed by atoms with van der Waals surface area (Å²) in [6.07, 6.45) is 5.57. The van der Waals surface area contributed by atoms with Crippen LogP contribution in [-0.2, 0) is 27.2 Å². The second kappa shape index (κ2) is 25.6. The molecule has 0 radical (unpaired) electrons. The van der Waals surface area contributed by atoms with Crippen LogP contribution in [0.25, 0.3) is 44.6 Å². The molecular formula is C62H58Cl2F2N6O6. The van der Waals surface area contributed by atoms with Crippen LogP contribution in [-0.4, -0.2) is 91.4 Å². The fourth-order valence-electron chi connectivity index (χ4n) is 10.2. The van der Waals surface area contributed by atoms with Crippen molar-refractivity contribution in [3.63, 3.8) is 0 Å². The van der Waals surface area contributed by atoms with Crippen LogP contribution in [0.1, 0.15) is 113 Å². The first kappa shape index (κ1) is 55.1. The highest BCUT2D eigenvalue weighted by atomic mass is 35.5. The maximum Gasteiger partial charge on any atom is 0.305 e. The Hall–Kier alpha value is -7.68. The van der Waals surface area contributed by atoms with E-state index in [9.17, 15) is 19.2 Å². The number of carbonyl (C=O) groups excluding carboxylic acids is 3. The third kappa shape index (κ3) is 13.5. The predicted molar refractivity (Wildman–Crippen MR) is 299 cm³/mol. The number of esters is 1. The molecule has 2 fully saturated rings. The molecule has 0 bridgehead atoms. The van der Waals surface area contributed by atoms with E-state index in [2.05, 4.69) is 24.3 Å². The maximum absolute atomic E-state index is 15.3. The van der Waals surface area contributed by atoms with E-state index in [1.54, 1.807) is 41.0 Å². The molecule has 2 aliphatic rings. The number of hydrogen-bond donors (Lipinski definition) is 1. The molecular weight excluding hydrogens is 1030 g/mol. The van der Waals surface area contributed by atoms with Gasteiger partial charge in [-0.05, 0) is 106 Å². The Kier molecular flexibility index (Phi) is 18.1. The van der Waals surface area contributed by atoms with E-state index in [1.165, 1.54) is 35.4 Å². The number of ether oxygens (including phenoxy) is 1. The van der Waals surface area contributed by atoms with Crippen LogP contribution in [0.2, 0.25) is 10.0 Å². The third-order valence-corrected chi connectivity index (χ3v) is 14.7. The molecule has 0 spiro atoms. The van der Waals surface area contributed by atoms with Crippen molar-refractivity contribution in [3.05, 3.63) is 189 Å². The first-order valence-electron chi connectivity index (χ1n) is 26.4. The van der Waals surface area contributed by atoms with Gasteiger partial charge < -0.3 is 19.6 Å². The van der Waals surface area contributed by atoms with Crippen molar-refractivity contribution in [3.8, 4) is 22.5 Å². The molecule has 2 saturated heterocycles. The highest BCUT2D eigenvalue weighted by Crippen LogP contribution is 2.33. The number of unbranched alkanes of at least 4 members (excludes halogenated alkanes) is 2. The number of carbonyl (C=O) groups is 4. The summed E-state index contributed by atoms with van der Waals surface area (Å²) >= 11 is 12.1. The van der Waals surface area contributed by atoms with Crippen LogP contribution in [0, 0.1) is 11.6 Å². The molecule has 12 nitrogen and oxygen atoms in total. The largest absolute Gasteiger partial charge is 0.481 e. The molecule has 2 aromatic heterocycles. The SMILES string of the molecule is CCOC(=O)CCCCc1nc2cc(C(=O)N3CC[C@@H](c4ccccc4)C3)c(F)cc2nc1-c1ccc(Cl)cc1.O=C(O)CCCCc1nc2cc(C(=O)N3CC[C@@H](c4ccccc4)C3)c(F)cc2nc1-c1ccc(Cl)cc1. The van der Waals surface area contributed by atoms with Crippen LogP contribution >= 0.6 is 23.2 Å². The highest BCUT2D eigenvalue weighted by molar-refractivity contribution is 6.31. The summed E-state index contributed by atoms with van der Waals surface area (Å²) < 4.78 is 35.6. The Labute approximate surface area is 461 Å². The van der Waals surface area contributed by atoms with Gasteiger partial charge in [-0.1, -0.05) is 108 Å². The summed E-state index contributed by atoms with van der Waals surface area (Å²) in [4.78, 5) is 72.0. The van der Waals surface area contributed by atoms with Gasteiger partial charge in [0.05, 0.1) is 62.6 Å². The van der Waals surface area contributed by atoms with Gasteiger partial charge in [-0.3, -0.25) is 19.2 Å². The fraction of sp³-hybridized carbons (Fsp3) is 0.290. The number of likely N-dealkylation sites (tertiary alicyclic amines) is 2. The van der Waals surface area contributed by atoms with Crippen molar-refractivity contribution >= 4 is 69.0 Å². The second-order valence-corrected chi connectivity index (χ2v) is 20.5. The zero-order valence-electron chi connectivity index (χ0n) is 43.1. The summed E-state index contributed by atoms with van der Waals surface area (Å²) in [7, 11) is 0. The van der Waals surface area contributed by atoms with E-state index in [0.29, 0.717) is 133 Å². The van der Waals surface area contributed by atoms with Crippen LogP contribution < -0.4 is 0 Å². The number of nitrogens with zero attached hydrogens (tertiary/aromatic N) is 6. The molecule has 8 aromatic rings. The van der Waals surface area contributed by atoms with Crippen molar-refractivity contribution in [2.75, 3.05) is 32.8 Å². The minimum Gasteiger partial charge on any atom is -0.481 e. The maximum atomic E-state index is 15.3. The Bertz CT molecular complexity index is 3450. The Morgan fingerprint density at radius 1 is 0.564 bits per heavy atom. The molecule has 0 saturated carbocycles. The Morgan fingerprint density at radius 3 is 1.38 bits per heavy atom. The number of aromatic nitrogens is 4. The fourth-order valence-corrected chi connectivity index (χ4v) is 10.4. The number of hydrogen-bond acceptors (Lipinski definition) is 9. The zero-order chi connectivity index (χ0) is 54.7. The summed E-state index contributed by atoms with van der Waals surface area (Å²) in [5.74, 6) is -2.54. The average Bonchev–Trinajstić information content (AvgIpc) is 4.18. The molecule has 4 heterocycles. The van der Waals surface area contributed by atoms with Gasteiger partial charge in [0.15, 0.2) is 0 Å². The molecule has 78 heavy (non-hydrogen) atoms.